The molecule has 0 N–H and O–H groups in total. The number of hydrogen-bond donors (Lipinski definition) is 0. The van der Waals surface area contributed by atoms with Crippen LogP contribution in [0.1, 0.15) is 23.7 Å². The minimum atomic E-state index is -2.20. The second-order valence-electron chi connectivity index (χ2n) is 7.27. The highest BCUT2D eigenvalue weighted by Crippen LogP contribution is 2.33. The van der Waals surface area contributed by atoms with Gasteiger partial charge in [0.15, 0.2) is 5.78 Å². The normalized spacial score (nSPS) is 21.2. The molecule has 1 aliphatic heterocycles. The third kappa shape index (κ3) is 5.64. The highest BCUT2D eigenvalue weighted by Gasteiger charge is 2.52. The van der Waals surface area contributed by atoms with Gasteiger partial charge >= 0.3 is 25.7 Å². The van der Waals surface area contributed by atoms with E-state index in [0.717, 1.165) is 18.2 Å². The molecular formula is C16H28O5Si3. The van der Waals surface area contributed by atoms with Gasteiger partial charge < -0.3 is 17.1 Å². The summed E-state index contributed by atoms with van der Waals surface area (Å²) in [4.78, 5) is 11.3. The third-order valence-electron chi connectivity index (χ3n) is 3.72. The summed E-state index contributed by atoms with van der Waals surface area (Å²) >= 11 is 0. The molecule has 1 heterocycles. The number of hydrogen-bond acceptors (Lipinski definition) is 5. The lowest BCUT2D eigenvalue weighted by Gasteiger charge is -2.47. The van der Waals surface area contributed by atoms with Gasteiger partial charge in [-0.15, -0.1) is 0 Å². The lowest BCUT2D eigenvalue weighted by molar-refractivity contribution is 0.101. The van der Waals surface area contributed by atoms with Crippen molar-refractivity contribution < 1.29 is 21.9 Å². The van der Waals surface area contributed by atoms with Gasteiger partial charge in [-0.1, -0.05) is 0 Å². The predicted molar refractivity (Wildman–Crippen MR) is 101 cm³/mol. The summed E-state index contributed by atoms with van der Waals surface area (Å²) in [5.41, 5.74) is 0.700. The first kappa shape index (κ1) is 19.5. The Morgan fingerprint density at radius 1 is 0.958 bits per heavy atom. The number of ketones is 1. The first-order valence-electron chi connectivity index (χ1n) is 8.35. The van der Waals surface area contributed by atoms with Crippen LogP contribution in [0.2, 0.25) is 38.8 Å². The monoisotopic (exact) mass is 384 g/mol. The zero-order chi connectivity index (χ0) is 18.0. The van der Waals surface area contributed by atoms with E-state index in [-0.39, 0.29) is 5.78 Å². The Morgan fingerprint density at radius 2 is 1.50 bits per heavy atom. The van der Waals surface area contributed by atoms with Crippen LogP contribution in [0, 0.1) is 0 Å². The molecule has 1 saturated heterocycles. The molecule has 24 heavy (non-hydrogen) atoms. The molecule has 0 atom stereocenters. The number of rotatable bonds is 6. The molecule has 2 rings (SSSR count). The van der Waals surface area contributed by atoms with Crippen molar-refractivity contribution in [2.24, 2.45) is 0 Å². The quantitative estimate of drug-likeness (QED) is 0.418. The third-order valence-corrected chi connectivity index (χ3v) is 16.3. The highest BCUT2D eigenvalue weighted by atomic mass is 28.5. The molecule has 0 radical (unpaired) electrons. The maximum absolute atomic E-state index is 11.3. The van der Waals surface area contributed by atoms with Crippen LogP contribution < -0.4 is 4.74 Å². The molecule has 0 spiro atoms. The topological polar surface area (TPSA) is 54.0 Å². The standard InChI is InChI=1S/C16H28O5Si3/c1-14(17)15-8-10-16(11-9-15)18-12-7-13-24(6)20-22(2,3)19-23(4,5)21-24/h8-11H,7,12-13H2,1-6H3. The molecule has 1 fully saturated rings. The van der Waals surface area contributed by atoms with E-state index in [9.17, 15) is 4.79 Å². The van der Waals surface area contributed by atoms with E-state index in [2.05, 4.69) is 32.7 Å². The predicted octanol–water partition coefficient (Wildman–Crippen LogP) is 4.20. The summed E-state index contributed by atoms with van der Waals surface area (Å²) in [6.07, 6.45) is 0.881. The maximum atomic E-state index is 11.3. The molecular weight excluding hydrogens is 356 g/mol. The Bertz CT molecular complexity index is 570. The first-order valence-corrected chi connectivity index (χ1v) is 16.5. The SMILES string of the molecule is CC(=O)c1ccc(OCCC[Si]2(C)O[Si](C)(C)O[Si](C)(C)O2)cc1. The van der Waals surface area contributed by atoms with Crippen LogP contribution in [0.3, 0.4) is 0 Å². The number of Topliss-reactive ketones (excluding diaryl/α,β-unsaturated/α-hetero) is 1. The van der Waals surface area contributed by atoms with Gasteiger partial charge in [-0.3, -0.25) is 4.79 Å². The summed E-state index contributed by atoms with van der Waals surface area (Å²) in [5, 5.41) is 0. The molecule has 0 amide bonds. The van der Waals surface area contributed by atoms with Crippen molar-refractivity contribution in [3.8, 4) is 5.75 Å². The highest BCUT2D eigenvalue weighted by molar-refractivity contribution is 6.92. The van der Waals surface area contributed by atoms with Gasteiger partial charge in [0, 0.05) is 5.56 Å². The number of benzene rings is 1. The lowest BCUT2D eigenvalue weighted by Crippen LogP contribution is -2.65. The van der Waals surface area contributed by atoms with Gasteiger partial charge in [-0.2, -0.15) is 0 Å². The largest absolute Gasteiger partial charge is 0.494 e. The van der Waals surface area contributed by atoms with Gasteiger partial charge in [-0.25, -0.2) is 0 Å². The number of ether oxygens (including phenoxy) is 1. The zero-order valence-corrected chi connectivity index (χ0v) is 18.5. The molecule has 0 unspecified atom stereocenters. The molecule has 1 aromatic carbocycles. The summed E-state index contributed by atoms with van der Waals surface area (Å²) in [6.45, 7) is 12.7. The van der Waals surface area contributed by atoms with Crippen molar-refractivity contribution in [2.75, 3.05) is 6.61 Å². The Balaban J connectivity index is 1.84. The summed E-state index contributed by atoms with van der Waals surface area (Å²) in [5.74, 6) is 0.845. The van der Waals surface area contributed by atoms with Crippen molar-refractivity contribution in [3.63, 3.8) is 0 Å². The fraction of sp³-hybridized carbons (Fsp3) is 0.562. The van der Waals surface area contributed by atoms with Crippen molar-refractivity contribution in [1.82, 2.24) is 0 Å². The Morgan fingerprint density at radius 3 is 2.00 bits per heavy atom. The van der Waals surface area contributed by atoms with E-state index in [1.54, 1.807) is 19.1 Å². The smallest absolute Gasteiger partial charge is 0.317 e. The van der Waals surface area contributed by atoms with E-state index in [1.165, 1.54) is 0 Å². The second kappa shape index (κ2) is 7.22. The average molecular weight is 385 g/mol. The van der Waals surface area contributed by atoms with Crippen LogP contribution in [0.5, 0.6) is 5.75 Å². The Hall–Kier alpha value is -0.779. The van der Waals surface area contributed by atoms with Crippen LogP contribution in [-0.2, 0) is 12.3 Å². The minimum Gasteiger partial charge on any atom is -0.494 e. The lowest BCUT2D eigenvalue weighted by atomic mass is 10.1. The van der Waals surface area contributed by atoms with E-state index in [4.69, 9.17) is 17.1 Å². The van der Waals surface area contributed by atoms with Crippen molar-refractivity contribution in [1.29, 1.82) is 0 Å². The van der Waals surface area contributed by atoms with Crippen LogP contribution >= 0.6 is 0 Å². The second-order valence-corrected chi connectivity index (χ2v) is 18.1. The average Bonchev–Trinajstić information content (AvgIpc) is 2.40. The summed E-state index contributed by atoms with van der Waals surface area (Å²) < 4.78 is 24.4. The van der Waals surface area contributed by atoms with E-state index < -0.39 is 25.7 Å². The number of carbonyl (C=O) groups excluding carboxylic acids is 1. The Labute approximate surface area is 148 Å². The van der Waals surface area contributed by atoms with Crippen LogP contribution in [0.15, 0.2) is 24.3 Å². The Kier molecular flexibility index (Phi) is 5.88. The molecule has 0 saturated carbocycles. The van der Waals surface area contributed by atoms with Gasteiger partial charge in [0.05, 0.1) is 6.61 Å². The number of carbonyl (C=O) groups is 1. The van der Waals surface area contributed by atoms with Crippen molar-refractivity contribution >= 4 is 31.5 Å². The van der Waals surface area contributed by atoms with Crippen LogP contribution in [0.25, 0.3) is 0 Å². The fourth-order valence-corrected chi connectivity index (χ4v) is 19.4. The first-order chi connectivity index (χ1) is 11.0. The van der Waals surface area contributed by atoms with Crippen molar-refractivity contribution in [3.05, 3.63) is 29.8 Å². The molecule has 8 heteroatoms. The molecule has 1 aliphatic rings. The minimum absolute atomic E-state index is 0.0628. The van der Waals surface area contributed by atoms with Crippen molar-refractivity contribution in [2.45, 2.75) is 52.1 Å². The molecule has 134 valence electrons. The van der Waals surface area contributed by atoms with Gasteiger partial charge in [-0.05, 0) is 76.4 Å². The zero-order valence-electron chi connectivity index (χ0n) is 15.5. The fourth-order valence-electron chi connectivity index (χ4n) is 3.17. The van der Waals surface area contributed by atoms with E-state index in [1.807, 2.05) is 12.1 Å². The molecule has 5 nitrogen and oxygen atoms in total. The molecule has 0 bridgehead atoms. The summed E-state index contributed by atoms with van der Waals surface area (Å²) in [6, 6.07) is 8.16. The van der Waals surface area contributed by atoms with Crippen LogP contribution in [-0.4, -0.2) is 38.1 Å². The van der Waals surface area contributed by atoms with Gasteiger partial charge in [0.1, 0.15) is 5.75 Å². The van der Waals surface area contributed by atoms with E-state index in [0.29, 0.717) is 12.2 Å². The molecule has 0 aliphatic carbocycles. The van der Waals surface area contributed by atoms with Gasteiger partial charge in [0.2, 0.25) is 0 Å². The molecule has 0 aromatic heterocycles. The summed E-state index contributed by atoms with van der Waals surface area (Å²) in [7, 11) is -6.35. The van der Waals surface area contributed by atoms with Crippen LogP contribution in [0.4, 0.5) is 0 Å². The van der Waals surface area contributed by atoms with Gasteiger partial charge in [0.25, 0.3) is 0 Å². The molecule has 1 aromatic rings. The maximum Gasteiger partial charge on any atom is 0.317 e. The van der Waals surface area contributed by atoms with E-state index >= 15 is 0 Å².